The SMILES string of the molecule is CO[C@@H](C)c1ncc(N2CCN(C)CC2)cc1-c1c2c3cc(c(F)cc3n1CC(F)(F)F)-c1csc(n1)C[C@H](NC(=O)[C@H](C(C)C)N(C)C(=O)[C@H]1CCN(C(=O)[C@H](F)Cl)C1)C(=O)N1CCC[C@H](N1)C(=O)OCC(C)(C)C2. The van der Waals surface area contributed by atoms with E-state index in [1.54, 1.807) is 32.3 Å². The van der Waals surface area contributed by atoms with Crippen LogP contribution in [0.1, 0.15) is 76.3 Å². The second-order valence-electron chi connectivity index (χ2n) is 21.5. The number of nitrogens with one attached hydrogen (secondary N) is 2. The van der Waals surface area contributed by atoms with Crippen molar-refractivity contribution in [1.82, 2.24) is 45.0 Å². The van der Waals surface area contributed by atoms with Crippen LogP contribution in [0.3, 0.4) is 0 Å². The minimum atomic E-state index is -4.76. The third kappa shape index (κ3) is 12.3. The summed E-state index contributed by atoms with van der Waals surface area (Å²) in [5.74, 6) is -5.53. The van der Waals surface area contributed by atoms with E-state index in [9.17, 15) is 28.4 Å². The minimum absolute atomic E-state index is 0.0279. The maximum atomic E-state index is 17.0. The maximum absolute atomic E-state index is 17.0. The second-order valence-corrected chi connectivity index (χ2v) is 22.9. The fraction of sp³-hybridized carbons (Fsp3) is 0.596. The largest absolute Gasteiger partial charge is 0.464 e. The number of hydrogen-bond acceptors (Lipinski definition) is 13. The van der Waals surface area contributed by atoms with Crippen molar-refractivity contribution in [2.75, 3.05) is 78.5 Å². The van der Waals surface area contributed by atoms with Crippen LogP contribution in [0.25, 0.3) is 33.4 Å². The lowest BCUT2D eigenvalue weighted by atomic mass is 9.84. The molecule has 3 saturated heterocycles. The smallest absolute Gasteiger partial charge is 0.406 e. The number of anilines is 1. The van der Waals surface area contributed by atoms with E-state index < -0.39 is 95.2 Å². The van der Waals surface area contributed by atoms with E-state index in [0.717, 1.165) is 40.0 Å². The molecule has 8 rings (SSSR count). The first-order chi connectivity index (χ1) is 35.8. The van der Waals surface area contributed by atoms with Gasteiger partial charge in [-0.15, -0.1) is 11.3 Å². The topological polar surface area (TPSA) is 175 Å². The molecule has 7 heterocycles. The molecule has 4 aliphatic heterocycles. The summed E-state index contributed by atoms with van der Waals surface area (Å²) in [6, 6.07) is 0.931. The lowest BCUT2D eigenvalue weighted by molar-refractivity contribution is -0.155. The Bertz CT molecular complexity index is 2840. The van der Waals surface area contributed by atoms with E-state index in [-0.39, 0.29) is 73.0 Å². The molecule has 1 aromatic carbocycles. The second kappa shape index (κ2) is 22.8. The molecule has 3 fully saturated rings. The van der Waals surface area contributed by atoms with E-state index in [0.29, 0.717) is 53.8 Å². The Labute approximate surface area is 447 Å². The summed E-state index contributed by atoms with van der Waals surface area (Å²) in [6.07, 6.45) is -3.04. The van der Waals surface area contributed by atoms with Gasteiger partial charge < -0.3 is 39.0 Å². The Morgan fingerprint density at radius 1 is 1.05 bits per heavy atom. The summed E-state index contributed by atoms with van der Waals surface area (Å²) in [5.41, 5.74) is 1.88. The number of carbonyl (C=O) groups is 5. The van der Waals surface area contributed by atoms with Crippen LogP contribution in [0.4, 0.5) is 27.6 Å². The molecular formula is C52H66ClF5N10O7S. The monoisotopic (exact) mass is 1100 g/mol. The maximum Gasteiger partial charge on any atom is 0.406 e. The van der Waals surface area contributed by atoms with Crippen LogP contribution in [0.5, 0.6) is 0 Å². The highest BCUT2D eigenvalue weighted by atomic mass is 35.5. The Morgan fingerprint density at radius 3 is 2.45 bits per heavy atom. The number of aromatic nitrogens is 3. The van der Waals surface area contributed by atoms with Crippen LogP contribution in [-0.4, -0.2) is 167 Å². The zero-order valence-corrected chi connectivity index (χ0v) is 45.5. The number of halogens is 6. The summed E-state index contributed by atoms with van der Waals surface area (Å²) < 4.78 is 88.6. The van der Waals surface area contributed by atoms with Crippen molar-refractivity contribution in [3.8, 4) is 22.5 Å². The lowest BCUT2D eigenvalue weighted by Crippen LogP contribution is -2.62. The van der Waals surface area contributed by atoms with Crippen molar-refractivity contribution in [3.05, 3.63) is 51.9 Å². The van der Waals surface area contributed by atoms with E-state index in [1.807, 2.05) is 27.0 Å². The normalized spacial score (nSPS) is 22.1. The van der Waals surface area contributed by atoms with E-state index in [1.165, 1.54) is 30.1 Å². The highest BCUT2D eigenvalue weighted by molar-refractivity contribution is 7.10. The average Bonchev–Trinajstić information content (AvgIpc) is 4.16. The number of carbonyl (C=O) groups excluding carboxylic acids is 5. The van der Waals surface area contributed by atoms with Crippen LogP contribution >= 0.6 is 22.9 Å². The molecule has 76 heavy (non-hydrogen) atoms. The lowest BCUT2D eigenvalue weighted by Gasteiger charge is -2.37. The average molecular weight is 1110 g/mol. The number of ether oxygens (including phenoxy) is 2. The molecule has 0 aliphatic carbocycles. The predicted molar refractivity (Wildman–Crippen MR) is 276 cm³/mol. The number of rotatable bonds is 11. The molecule has 17 nitrogen and oxygen atoms in total. The molecule has 0 saturated carbocycles. The number of benzene rings is 1. The fourth-order valence-corrected chi connectivity index (χ4v) is 11.8. The number of esters is 1. The van der Waals surface area contributed by atoms with Gasteiger partial charge in [0.2, 0.25) is 11.8 Å². The fourth-order valence-electron chi connectivity index (χ4n) is 10.8. The van der Waals surface area contributed by atoms with Gasteiger partial charge in [0.15, 0.2) is 0 Å². The van der Waals surface area contributed by atoms with E-state index in [2.05, 4.69) is 20.5 Å². The Morgan fingerprint density at radius 2 is 1.78 bits per heavy atom. The Hall–Kier alpha value is -5.49. The first-order valence-electron chi connectivity index (χ1n) is 25.6. The van der Waals surface area contributed by atoms with Crippen LogP contribution in [0.15, 0.2) is 29.8 Å². The van der Waals surface area contributed by atoms with Crippen LogP contribution in [-0.2, 0) is 52.8 Å². The molecule has 0 radical (unpaired) electrons. The van der Waals surface area contributed by atoms with Crippen molar-refractivity contribution in [1.29, 1.82) is 0 Å². The summed E-state index contributed by atoms with van der Waals surface area (Å²) in [5, 5.41) is 6.26. The molecule has 4 aliphatic rings. The number of thiazole rings is 1. The van der Waals surface area contributed by atoms with E-state index >= 15 is 17.6 Å². The van der Waals surface area contributed by atoms with Crippen LogP contribution in [0, 0.1) is 23.1 Å². The molecular weight excluding hydrogens is 1040 g/mol. The highest BCUT2D eigenvalue weighted by Gasteiger charge is 2.42. The number of cyclic esters (lactones) is 1. The summed E-state index contributed by atoms with van der Waals surface area (Å²) in [6.45, 7) is 10.1. The van der Waals surface area contributed by atoms with Gasteiger partial charge in [-0.2, -0.15) is 13.2 Å². The molecule has 2 N–H and O–H groups in total. The molecule has 24 heteroatoms. The van der Waals surface area contributed by atoms with Gasteiger partial charge in [-0.1, -0.05) is 39.3 Å². The zero-order valence-electron chi connectivity index (χ0n) is 43.9. The minimum Gasteiger partial charge on any atom is -0.464 e. The summed E-state index contributed by atoms with van der Waals surface area (Å²) in [7, 11) is 4.94. The third-order valence-corrected chi connectivity index (χ3v) is 15.9. The first-order valence-corrected chi connectivity index (χ1v) is 26.9. The van der Waals surface area contributed by atoms with Gasteiger partial charge in [0.05, 0.1) is 58.1 Å². The third-order valence-electron chi connectivity index (χ3n) is 14.9. The number of fused-ring (bicyclic) bond motifs is 6. The number of pyridine rings is 1. The zero-order chi connectivity index (χ0) is 55.1. The van der Waals surface area contributed by atoms with Gasteiger partial charge in [0, 0.05) is 93.7 Å². The number of likely N-dealkylation sites (tertiary alicyclic amines) is 1. The van der Waals surface area contributed by atoms with Crippen LogP contribution in [0.2, 0.25) is 0 Å². The molecule has 0 spiro atoms. The van der Waals surface area contributed by atoms with Gasteiger partial charge >= 0.3 is 12.1 Å². The number of amides is 4. The number of nitrogens with zero attached hydrogens (tertiary/aromatic N) is 8. The molecule has 4 amide bonds. The van der Waals surface area contributed by atoms with Gasteiger partial charge in [-0.05, 0) is 69.3 Å². The van der Waals surface area contributed by atoms with Gasteiger partial charge in [-0.3, -0.25) is 34.0 Å². The van der Waals surface area contributed by atoms with Crippen molar-refractivity contribution in [2.45, 2.75) is 109 Å². The summed E-state index contributed by atoms with van der Waals surface area (Å²) in [4.78, 5) is 85.8. The molecule has 0 unspecified atom stereocenters. The highest BCUT2D eigenvalue weighted by Crippen LogP contribution is 2.45. The Balaban J connectivity index is 1.23. The summed E-state index contributed by atoms with van der Waals surface area (Å²) >= 11 is 6.48. The van der Waals surface area contributed by atoms with Crippen molar-refractivity contribution in [2.24, 2.45) is 17.3 Å². The molecule has 6 bridgehead atoms. The van der Waals surface area contributed by atoms with Crippen molar-refractivity contribution < 1.29 is 55.4 Å². The number of hydrogen-bond donors (Lipinski definition) is 2. The van der Waals surface area contributed by atoms with Crippen molar-refractivity contribution >= 4 is 69.1 Å². The Kier molecular flexibility index (Phi) is 17.0. The number of piperazine rings is 1. The number of likely N-dealkylation sites (N-methyl/N-ethyl adjacent to an activating group) is 2. The standard InChI is InChI=1S/C52H66ClF5N10O7S/c1-28(2)43(64(7)47(70)30-11-13-66(24-30)49(72)45(53)55)46(69)61-38-21-41-60-39(25-76-41)33-19-32-35(22-51(4,5)27-75-50(73)37-10-9-12-68(62-37)48(38)71)44(67(26-52(56,57)58)40(32)20-36(33)54)34-18-31(23-59-42(34)29(3)74-8)65-16-14-63(6)15-17-65/h18-20,23,25,28-30,37-38,43,45,62H,9-17,21-22,24,26-27H2,1-8H3,(H,61,69)/t29-,30-,37-,38-,43-,45-/m0/s1. The molecule has 3 aromatic heterocycles. The first kappa shape index (κ1) is 56.7. The molecule has 414 valence electrons. The van der Waals surface area contributed by atoms with Gasteiger partial charge in [-0.25, -0.2) is 19.2 Å². The van der Waals surface area contributed by atoms with Crippen molar-refractivity contribution in [3.63, 3.8) is 0 Å². The number of methoxy groups -OCH3 is 1. The van der Waals surface area contributed by atoms with E-state index in [4.69, 9.17) is 31.0 Å². The van der Waals surface area contributed by atoms with Crippen LogP contribution < -0.4 is 15.6 Å². The van der Waals surface area contributed by atoms with Gasteiger partial charge in [0.1, 0.15) is 30.5 Å². The predicted octanol–water partition coefficient (Wildman–Crippen LogP) is 6.50. The molecule has 6 atom stereocenters. The number of hydrazine groups is 1. The quantitative estimate of drug-likeness (QED) is 0.0950. The number of alkyl halides is 5. The van der Waals surface area contributed by atoms with Gasteiger partial charge in [0.25, 0.3) is 17.4 Å². The molecule has 4 aromatic rings.